The maximum atomic E-state index is 13.9. The summed E-state index contributed by atoms with van der Waals surface area (Å²) >= 11 is 0. The summed E-state index contributed by atoms with van der Waals surface area (Å²) in [6.45, 7) is 6.51. The third kappa shape index (κ3) is 4.20. The number of carbonyl (C=O) groups excluding carboxylic acids is 1. The molecule has 2 aromatic carbocycles. The van der Waals surface area contributed by atoms with E-state index in [2.05, 4.69) is 4.98 Å². The summed E-state index contributed by atoms with van der Waals surface area (Å²) in [4.78, 5) is 18.6. The van der Waals surface area contributed by atoms with Gasteiger partial charge in [-0.2, -0.15) is 13.2 Å². The molecule has 0 unspecified atom stereocenters. The van der Waals surface area contributed by atoms with Crippen LogP contribution < -0.4 is 4.74 Å². The molecule has 8 heteroatoms. The summed E-state index contributed by atoms with van der Waals surface area (Å²) in [6, 6.07) is 13.2. The number of nitrogens with zero attached hydrogens (tertiary/aromatic N) is 2. The normalized spacial score (nSPS) is 24.6. The Labute approximate surface area is 226 Å². The van der Waals surface area contributed by atoms with Crippen molar-refractivity contribution in [2.45, 2.75) is 57.5 Å². The number of benzene rings is 2. The van der Waals surface area contributed by atoms with Gasteiger partial charge in [0.1, 0.15) is 6.61 Å². The standard InChI is InChI=1S/C31H31F3N2O3/c1-5-38-29(37)27-21-13-18-14-25(35-15-22(18)26(21)27)39-16-17-10-11-23-20(12-17)28(36(4)30(23,2)3)19-8-6-7-9-24(19)31(32,33)34/h6-12,14-15,21,26-28H,5,13,16H2,1-4H3/t21-,26+,27-,28+/m0/s1. The molecule has 1 aliphatic heterocycles. The van der Waals surface area contributed by atoms with Gasteiger partial charge in [0, 0.05) is 23.7 Å². The van der Waals surface area contributed by atoms with Crippen molar-refractivity contribution in [2.75, 3.05) is 13.7 Å². The van der Waals surface area contributed by atoms with Gasteiger partial charge < -0.3 is 9.47 Å². The zero-order valence-electron chi connectivity index (χ0n) is 22.4. The zero-order valence-corrected chi connectivity index (χ0v) is 22.4. The van der Waals surface area contributed by atoms with Crippen molar-refractivity contribution in [3.8, 4) is 5.88 Å². The van der Waals surface area contributed by atoms with Crippen LogP contribution in [0.1, 0.15) is 71.7 Å². The monoisotopic (exact) mass is 536 g/mol. The Balaban J connectivity index is 1.23. The van der Waals surface area contributed by atoms with Crippen LogP contribution in [-0.2, 0) is 34.3 Å². The quantitative estimate of drug-likeness (QED) is 0.342. The highest BCUT2D eigenvalue weighted by molar-refractivity contribution is 5.79. The van der Waals surface area contributed by atoms with Crippen LogP contribution in [0.2, 0.25) is 0 Å². The number of hydrogen-bond acceptors (Lipinski definition) is 5. The molecule has 6 rings (SSSR count). The highest BCUT2D eigenvalue weighted by Gasteiger charge is 2.60. The number of aromatic nitrogens is 1. The van der Waals surface area contributed by atoms with E-state index >= 15 is 0 Å². The molecule has 0 N–H and O–H groups in total. The van der Waals surface area contributed by atoms with Gasteiger partial charge in [-0.1, -0.05) is 36.4 Å². The Morgan fingerprint density at radius 1 is 1.10 bits per heavy atom. The van der Waals surface area contributed by atoms with Gasteiger partial charge in [-0.05, 0) is 79.6 Å². The first kappa shape index (κ1) is 25.9. The van der Waals surface area contributed by atoms with Crippen molar-refractivity contribution in [3.63, 3.8) is 0 Å². The summed E-state index contributed by atoms with van der Waals surface area (Å²) in [6.07, 6.45) is -1.83. The average molecular weight is 537 g/mol. The Kier molecular flexibility index (Phi) is 6.02. The lowest BCUT2D eigenvalue weighted by molar-refractivity contribution is -0.145. The van der Waals surface area contributed by atoms with Gasteiger partial charge in [0.2, 0.25) is 5.88 Å². The molecule has 204 valence electrons. The summed E-state index contributed by atoms with van der Waals surface area (Å²) < 4.78 is 53.0. The van der Waals surface area contributed by atoms with Crippen LogP contribution in [0.3, 0.4) is 0 Å². The van der Waals surface area contributed by atoms with Gasteiger partial charge in [0.15, 0.2) is 0 Å². The molecule has 3 aromatic rings. The molecular formula is C31H31F3N2O3. The number of esters is 1. The van der Waals surface area contributed by atoms with Gasteiger partial charge in [0.05, 0.1) is 24.1 Å². The van der Waals surface area contributed by atoms with Crippen LogP contribution in [0.25, 0.3) is 0 Å². The van der Waals surface area contributed by atoms with Crippen LogP contribution in [0.5, 0.6) is 5.88 Å². The average Bonchev–Trinajstić information content (AvgIpc) is 3.42. The number of pyridine rings is 1. The van der Waals surface area contributed by atoms with Gasteiger partial charge in [-0.25, -0.2) is 4.98 Å². The molecule has 0 saturated heterocycles. The van der Waals surface area contributed by atoms with Gasteiger partial charge >= 0.3 is 12.1 Å². The van der Waals surface area contributed by atoms with E-state index in [4.69, 9.17) is 9.47 Å². The van der Waals surface area contributed by atoms with E-state index in [-0.39, 0.29) is 35.9 Å². The summed E-state index contributed by atoms with van der Waals surface area (Å²) in [5.41, 5.74) is 4.16. The molecule has 4 atom stereocenters. The zero-order chi connectivity index (χ0) is 27.7. The van der Waals surface area contributed by atoms with Crippen LogP contribution in [0.4, 0.5) is 13.2 Å². The van der Waals surface area contributed by atoms with Gasteiger partial charge in [-0.15, -0.1) is 0 Å². The molecule has 0 bridgehead atoms. The minimum absolute atomic E-state index is 0.0600. The molecule has 2 heterocycles. The van der Waals surface area contributed by atoms with E-state index < -0.39 is 23.3 Å². The fourth-order valence-electron chi connectivity index (χ4n) is 6.64. The van der Waals surface area contributed by atoms with Crippen LogP contribution in [-0.4, -0.2) is 29.5 Å². The Morgan fingerprint density at radius 3 is 2.62 bits per heavy atom. The molecule has 39 heavy (non-hydrogen) atoms. The predicted octanol–water partition coefficient (Wildman–Crippen LogP) is 6.40. The first-order chi connectivity index (χ1) is 18.5. The predicted molar refractivity (Wildman–Crippen MR) is 139 cm³/mol. The van der Waals surface area contributed by atoms with Crippen molar-refractivity contribution in [1.29, 1.82) is 0 Å². The third-order valence-corrected chi connectivity index (χ3v) is 8.83. The summed E-state index contributed by atoms with van der Waals surface area (Å²) in [5.74, 6) is 0.786. The second kappa shape index (κ2) is 9.08. The van der Waals surface area contributed by atoms with Crippen molar-refractivity contribution in [2.24, 2.45) is 11.8 Å². The summed E-state index contributed by atoms with van der Waals surface area (Å²) in [5, 5.41) is 0. The molecular weight excluding hydrogens is 505 g/mol. The van der Waals surface area contributed by atoms with E-state index in [1.165, 1.54) is 6.07 Å². The van der Waals surface area contributed by atoms with Crippen LogP contribution in [0, 0.1) is 11.8 Å². The fraction of sp³-hybridized carbons (Fsp3) is 0.419. The van der Waals surface area contributed by atoms with E-state index in [1.54, 1.807) is 18.3 Å². The minimum Gasteiger partial charge on any atom is -0.473 e. The van der Waals surface area contributed by atoms with Crippen LogP contribution >= 0.6 is 0 Å². The number of ether oxygens (including phenoxy) is 2. The van der Waals surface area contributed by atoms with E-state index in [1.807, 2.05) is 57.0 Å². The van der Waals surface area contributed by atoms with Crippen molar-refractivity contribution < 1.29 is 27.4 Å². The Bertz CT molecular complexity index is 1450. The molecule has 0 spiro atoms. The number of hydrogen-bond donors (Lipinski definition) is 0. The van der Waals surface area contributed by atoms with Gasteiger partial charge in [-0.3, -0.25) is 9.69 Å². The minimum atomic E-state index is -4.44. The molecule has 2 aliphatic carbocycles. The number of carbonyl (C=O) groups is 1. The van der Waals surface area contributed by atoms with E-state index in [0.717, 1.165) is 40.3 Å². The Hall–Kier alpha value is -3.39. The molecule has 0 amide bonds. The smallest absolute Gasteiger partial charge is 0.416 e. The summed E-state index contributed by atoms with van der Waals surface area (Å²) in [7, 11) is 1.87. The lowest BCUT2D eigenvalue weighted by Gasteiger charge is -2.33. The van der Waals surface area contributed by atoms with Crippen molar-refractivity contribution in [1.82, 2.24) is 9.88 Å². The number of rotatable bonds is 6. The third-order valence-electron chi connectivity index (χ3n) is 8.83. The largest absolute Gasteiger partial charge is 0.473 e. The molecule has 0 radical (unpaired) electrons. The topological polar surface area (TPSA) is 51.7 Å². The second-order valence-electron chi connectivity index (χ2n) is 11.3. The van der Waals surface area contributed by atoms with Crippen molar-refractivity contribution >= 4 is 5.97 Å². The molecule has 1 saturated carbocycles. The second-order valence-corrected chi connectivity index (χ2v) is 11.3. The fourth-order valence-corrected chi connectivity index (χ4v) is 6.64. The molecule has 1 aromatic heterocycles. The van der Waals surface area contributed by atoms with Gasteiger partial charge in [0.25, 0.3) is 0 Å². The van der Waals surface area contributed by atoms with E-state index in [9.17, 15) is 18.0 Å². The first-order valence-corrected chi connectivity index (χ1v) is 13.3. The number of halogens is 3. The maximum absolute atomic E-state index is 13.9. The van der Waals surface area contributed by atoms with Crippen molar-refractivity contribution in [3.05, 3.63) is 93.7 Å². The Morgan fingerprint density at radius 2 is 1.87 bits per heavy atom. The molecule has 1 fully saturated rings. The highest BCUT2D eigenvalue weighted by atomic mass is 19.4. The van der Waals surface area contributed by atoms with E-state index in [0.29, 0.717) is 12.5 Å². The lowest BCUT2D eigenvalue weighted by atomic mass is 9.90. The number of fused-ring (bicyclic) bond motifs is 4. The first-order valence-electron chi connectivity index (χ1n) is 13.3. The molecule has 5 nitrogen and oxygen atoms in total. The number of alkyl halides is 3. The molecule has 3 aliphatic rings. The lowest BCUT2D eigenvalue weighted by Crippen LogP contribution is -2.35. The highest BCUT2D eigenvalue weighted by Crippen LogP contribution is 2.62. The van der Waals surface area contributed by atoms with Crippen LogP contribution in [0.15, 0.2) is 54.7 Å². The SMILES string of the molecule is CCOC(=O)[C@H]1[C@H]2Cc3cc(OCc4ccc5c(c4)[C@@H](c4ccccc4C(F)(F)F)N(C)C5(C)C)ncc3[C@@H]21. The maximum Gasteiger partial charge on any atom is 0.416 e.